The highest BCUT2D eigenvalue weighted by atomic mass is 16.3. The molecule has 1 saturated heterocycles. The minimum Gasteiger partial charge on any atom is -0.459 e. The molecular formula is C13H15N3O2. The highest BCUT2D eigenvalue weighted by Crippen LogP contribution is 2.22. The van der Waals surface area contributed by atoms with Crippen molar-refractivity contribution < 1.29 is 9.21 Å². The van der Waals surface area contributed by atoms with Crippen LogP contribution in [0.3, 0.4) is 0 Å². The van der Waals surface area contributed by atoms with Gasteiger partial charge in [-0.2, -0.15) is 0 Å². The van der Waals surface area contributed by atoms with Gasteiger partial charge in [0.25, 0.3) is 5.91 Å². The zero-order chi connectivity index (χ0) is 12.5. The molecule has 1 aliphatic rings. The SMILES string of the molecule is Cc1cc2nccc(C(=O)N3CCNCC3)c2o1. The minimum atomic E-state index is 0.0262. The molecule has 0 aromatic carbocycles. The molecule has 2 aromatic rings. The predicted molar refractivity (Wildman–Crippen MR) is 67.5 cm³/mol. The predicted octanol–water partition coefficient (Wildman–Crippen LogP) is 1.18. The normalized spacial score (nSPS) is 16.2. The van der Waals surface area contributed by atoms with E-state index in [2.05, 4.69) is 10.3 Å². The smallest absolute Gasteiger partial charge is 0.257 e. The quantitative estimate of drug-likeness (QED) is 0.819. The van der Waals surface area contributed by atoms with E-state index in [1.54, 1.807) is 12.3 Å². The van der Waals surface area contributed by atoms with E-state index < -0.39 is 0 Å². The standard InChI is InChI=1S/C13H15N3O2/c1-9-8-11-12(18-9)10(2-3-15-11)13(17)16-6-4-14-5-7-16/h2-3,8,14H,4-7H2,1H3. The first-order valence-electron chi connectivity index (χ1n) is 6.11. The molecule has 3 heterocycles. The van der Waals surface area contributed by atoms with Crippen LogP contribution in [0.5, 0.6) is 0 Å². The Hall–Kier alpha value is -1.88. The second-order valence-corrected chi connectivity index (χ2v) is 4.47. The maximum absolute atomic E-state index is 12.4. The van der Waals surface area contributed by atoms with Crippen molar-refractivity contribution in [1.82, 2.24) is 15.2 Å². The van der Waals surface area contributed by atoms with E-state index in [-0.39, 0.29) is 5.91 Å². The van der Waals surface area contributed by atoms with Gasteiger partial charge in [0.1, 0.15) is 11.3 Å². The van der Waals surface area contributed by atoms with Gasteiger partial charge < -0.3 is 14.6 Å². The van der Waals surface area contributed by atoms with Crippen molar-refractivity contribution in [3.63, 3.8) is 0 Å². The molecule has 0 atom stereocenters. The number of pyridine rings is 1. The lowest BCUT2D eigenvalue weighted by atomic mass is 10.2. The molecule has 0 spiro atoms. The topological polar surface area (TPSA) is 58.4 Å². The van der Waals surface area contributed by atoms with Gasteiger partial charge in [-0.1, -0.05) is 0 Å². The Morgan fingerprint density at radius 3 is 3.00 bits per heavy atom. The van der Waals surface area contributed by atoms with E-state index in [0.717, 1.165) is 37.5 Å². The number of nitrogens with one attached hydrogen (secondary N) is 1. The lowest BCUT2D eigenvalue weighted by molar-refractivity contribution is 0.0736. The number of aryl methyl sites for hydroxylation is 1. The lowest BCUT2D eigenvalue weighted by Gasteiger charge is -2.27. The van der Waals surface area contributed by atoms with Crippen LogP contribution in [0, 0.1) is 6.92 Å². The molecule has 0 aliphatic carbocycles. The van der Waals surface area contributed by atoms with Crippen molar-refractivity contribution >= 4 is 17.0 Å². The van der Waals surface area contributed by atoms with Crippen LogP contribution in [0.25, 0.3) is 11.1 Å². The monoisotopic (exact) mass is 245 g/mol. The average Bonchev–Trinajstić information content (AvgIpc) is 2.79. The number of fused-ring (bicyclic) bond motifs is 1. The summed E-state index contributed by atoms with van der Waals surface area (Å²) >= 11 is 0. The fourth-order valence-corrected chi connectivity index (χ4v) is 2.26. The largest absolute Gasteiger partial charge is 0.459 e. The summed E-state index contributed by atoms with van der Waals surface area (Å²) in [5.74, 6) is 0.802. The summed E-state index contributed by atoms with van der Waals surface area (Å²) in [5.41, 5.74) is 1.95. The molecule has 18 heavy (non-hydrogen) atoms. The summed E-state index contributed by atoms with van der Waals surface area (Å²) < 4.78 is 5.59. The Morgan fingerprint density at radius 2 is 2.22 bits per heavy atom. The van der Waals surface area contributed by atoms with Gasteiger partial charge in [0.05, 0.1) is 5.56 Å². The molecular weight excluding hydrogens is 230 g/mol. The first kappa shape index (κ1) is 11.2. The van der Waals surface area contributed by atoms with E-state index >= 15 is 0 Å². The minimum absolute atomic E-state index is 0.0262. The molecule has 0 radical (unpaired) electrons. The second-order valence-electron chi connectivity index (χ2n) is 4.47. The van der Waals surface area contributed by atoms with Crippen LogP contribution in [-0.2, 0) is 0 Å². The van der Waals surface area contributed by atoms with Crippen LogP contribution in [0.2, 0.25) is 0 Å². The Bertz CT molecular complexity index is 585. The molecule has 1 aliphatic heterocycles. The van der Waals surface area contributed by atoms with Crippen molar-refractivity contribution in [2.75, 3.05) is 26.2 Å². The van der Waals surface area contributed by atoms with Crippen molar-refractivity contribution in [3.05, 3.63) is 29.7 Å². The number of hydrogen-bond donors (Lipinski definition) is 1. The third kappa shape index (κ3) is 1.86. The fraction of sp³-hybridized carbons (Fsp3) is 0.385. The summed E-state index contributed by atoms with van der Waals surface area (Å²) in [6.07, 6.45) is 1.66. The summed E-state index contributed by atoms with van der Waals surface area (Å²) in [4.78, 5) is 18.5. The van der Waals surface area contributed by atoms with Crippen molar-refractivity contribution in [2.45, 2.75) is 6.92 Å². The van der Waals surface area contributed by atoms with Crippen molar-refractivity contribution in [2.24, 2.45) is 0 Å². The van der Waals surface area contributed by atoms with Gasteiger partial charge in [0.15, 0.2) is 5.58 Å². The zero-order valence-electron chi connectivity index (χ0n) is 10.3. The molecule has 3 rings (SSSR count). The maximum Gasteiger partial charge on any atom is 0.257 e. The summed E-state index contributed by atoms with van der Waals surface area (Å²) in [6.45, 7) is 5.03. The summed E-state index contributed by atoms with van der Waals surface area (Å²) in [5, 5.41) is 3.23. The van der Waals surface area contributed by atoms with Gasteiger partial charge in [0.2, 0.25) is 0 Å². The molecule has 94 valence electrons. The molecule has 2 aromatic heterocycles. The third-order valence-electron chi connectivity index (χ3n) is 3.17. The number of piperazine rings is 1. The van der Waals surface area contributed by atoms with Crippen LogP contribution >= 0.6 is 0 Å². The van der Waals surface area contributed by atoms with Gasteiger partial charge in [-0.05, 0) is 13.0 Å². The molecule has 0 unspecified atom stereocenters. The van der Waals surface area contributed by atoms with E-state index in [0.29, 0.717) is 11.1 Å². The van der Waals surface area contributed by atoms with Gasteiger partial charge >= 0.3 is 0 Å². The number of carbonyl (C=O) groups excluding carboxylic acids is 1. The van der Waals surface area contributed by atoms with Crippen LogP contribution in [0.15, 0.2) is 22.7 Å². The Morgan fingerprint density at radius 1 is 1.44 bits per heavy atom. The summed E-state index contributed by atoms with van der Waals surface area (Å²) in [6, 6.07) is 3.58. The third-order valence-corrected chi connectivity index (χ3v) is 3.17. The average molecular weight is 245 g/mol. The van der Waals surface area contributed by atoms with Gasteiger partial charge in [-0.3, -0.25) is 9.78 Å². The number of hydrogen-bond acceptors (Lipinski definition) is 4. The van der Waals surface area contributed by atoms with E-state index in [4.69, 9.17) is 4.42 Å². The first-order chi connectivity index (χ1) is 8.75. The van der Waals surface area contributed by atoms with Crippen LogP contribution in [0.1, 0.15) is 16.1 Å². The number of rotatable bonds is 1. The highest BCUT2D eigenvalue weighted by Gasteiger charge is 2.21. The Labute approximate surface area is 105 Å². The molecule has 0 saturated carbocycles. The summed E-state index contributed by atoms with van der Waals surface area (Å²) in [7, 11) is 0. The highest BCUT2D eigenvalue weighted by molar-refractivity contribution is 6.04. The van der Waals surface area contributed by atoms with Gasteiger partial charge in [-0.15, -0.1) is 0 Å². The number of aromatic nitrogens is 1. The first-order valence-corrected chi connectivity index (χ1v) is 6.11. The van der Waals surface area contributed by atoms with Crippen molar-refractivity contribution in [1.29, 1.82) is 0 Å². The van der Waals surface area contributed by atoms with Crippen molar-refractivity contribution in [3.8, 4) is 0 Å². The molecule has 1 N–H and O–H groups in total. The molecule has 0 bridgehead atoms. The van der Waals surface area contributed by atoms with E-state index in [1.807, 2.05) is 17.9 Å². The molecule has 5 heteroatoms. The van der Waals surface area contributed by atoms with Crippen LogP contribution < -0.4 is 5.32 Å². The maximum atomic E-state index is 12.4. The molecule has 1 amide bonds. The lowest BCUT2D eigenvalue weighted by Crippen LogP contribution is -2.46. The zero-order valence-corrected chi connectivity index (χ0v) is 10.3. The number of amides is 1. The number of carbonyl (C=O) groups is 1. The number of nitrogens with zero attached hydrogens (tertiary/aromatic N) is 2. The fourth-order valence-electron chi connectivity index (χ4n) is 2.26. The number of furan rings is 1. The molecule has 1 fully saturated rings. The van der Waals surface area contributed by atoms with E-state index in [1.165, 1.54) is 0 Å². The second kappa shape index (κ2) is 4.42. The van der Waals surface area contributed by atoms with Gasteiger partial charge in [0, 0.05) is 38.4 Å². The molecule has 5 nitrogen and oxygen atoms in total. The van der Waals surface area contributed by atoms with Crippen LogP contribution in [-0.4, -0.2) is 42.0 Å². The van der Waals surface area contributed by atoms with Crippen LogP contribution in [0.4, 0.5) is 0 Å². The Kier molecular flexibility index (Phi) is 2.76. The van der Waals surface area contributed by atoms with Gasteiger partial charge in [-0.25, -0.2) is 0 Å². The van der Waals surface area contributed by atoms with E-state index in [9.17, 15) is 4.79 Å². The Balaban J connectivity index is 2.00.